The number of hydrogen-bond acceptors (Lipinski definition) is 2. The van der Waals surface area contributed by atoms with Crippen LogP contribution in [0.4, 0.5) is 0 Å². The van der Waals surface area contributed by atoms with Crippen LogP contribution in [-0.4, -0.2) is 34.5 Å². The van der Waals surface area contributed by atoms with Crippen molar-refractivity contribution in [2.24, 2.45) is 5.92 Å². The van der Waals surface area contributed by atoms with Crippen LogP contribution in [0.1, 0.15) is 51.7 Å². The summed E-state index contributed by atoms with van der Waals surface area (Å²) in [5, 5.41) is 9.18. The molecule has 1 aromatic rings. The van der Waals surface area contributed by atoms with E-state index in [9.17, 15) is 14.7 Å². The number of likely N-dealkylation sites (tertiary alicyclic amines) is 1. The smallest absolute Gasteiger partial charge is 0.308 e. The van der Waals surface area contributed by atoms with Crippen LogP contribution < -0.4 is 0 Å². The Bertz CT molecular complexity index is 571. The van der Waals surface area contributed by atoms with Crippen LogP contribution in [0.2, 0.25) is 0 Å². The zero-order valence-electron chi connectivity index (χ0n) is 14.5. The molecule has 1 saturated heterocycles. The number of benzene rings is 1. The van der Waals surface area contributed by atoms with Gasteiger partial charge in [0.1, 0.15) is 0 Å². The zero-order chi connectivity index (χ0) is 17.2. The second-order valence-corrected chi connectivity index (χ2v) is 7.63. The average Bonchev–Trinajstić information content (AvgIpc) is 2.47. The Morgan fingerprint density at radius 1 is 1.17 bits per heavy atom. The number of amides is 1. The Labute approximate surface area is 138 Å². The molecule has 1 aliphatic heterocycles. The Kier molecular flexibility index (Phi) is 5.12. The van der Waals surface area contributed by atoms with Crippen LogP contribution in [-0.2, 0) is 21.4 Å². The van der Waals surface area contributed by atoms with E-state index in [1.165, 1.54) is 5.56 Å². The molecule has 4 heteroatoms. The third-order valence-corrected chi connectivity index (χ3v) is 4.73. The molecule has 4 nitrogen and oxygen atoms in total. The Morgan fingerprint density at radius 2 is 1.78 bits per heavy atom. The van der Waals surface area contributed by atoms with Gasteiger partial charge in [-0.25, -0.2) is 0 Å². The third kappa shape index (κ3) is 4.34. The first-order valence-corrected chi connectivity index (χ1v) is 8.30. The van der Waals surface area contributed by atoms with Crippen molar-refractivity contribution in [3.8, 4) is 0 Å². The van der Waals surface area contributed by atoms with Gasteiger partial charge in [0.25, 0.3) is 0 Å². The number of carboxylic acids is 1. The summed E-state index contributed by atoms with van der Waals surface area (Å²) in [6.07, 6.45) is 1.74. The molecule has 1 aromatic carbocycles. The van der Waals surface area contributed by atoms with Crippen LogP contribution in [0.3, 0.4) is 0 Å². The lowest BCUT2D eigenvalue weighted by Crippen LogP contribution is -2.47. The van der Waals surface area contributed by atoms with Gasteiger partial charge in [-0.15, -0.1) is 0 Å². The molecule has 0 radical (unpaired) electrons. The maximum Gasteiger partial charge on any atom is 0.308 e. The molecule has 1 aliphatic rings. The van der Waals surface area contributed by atoms with E-state index in [4.69, 9.17) is 0 Å². The van der Waals surface area contributed by atoms with E-state index in [0.717, 1.165) is 12.0 Å². The average molecular weight is 317 g/mol. The fraction of sp³-hybridized carbons (Fsp3) is 0.579. The normalized spacial score (nSPS) is 22.0. The maximum absolute atomic E-state index is 12.6. The van der Waals surface area contributed by atoms with Gasteiger partial charge >= 0.3 is 5.97 Å². The predicted molar refractivity (Wildman–Crippen MR) is 90.4 cm³/mol. The van der Waals surface area contributed by atoms with Gasteiger partial charge in [-0.1, -0.05) is 45.0 Å². The summed E-state index contributed by atoms with van der Waals surface area (Å²) in [5.74, 6) is -1.21. The molecule has 0 spiro atoms. The van der Waals surface area contributed by atoms with E-state index in [1.54, 1.807) is 4.90 Å². The minimum atomic E-state index is -0.802. The Morgan fingerprint density at radius 3 is 2.30 bits per heavy atom. The summed E-state index contributed by atoms with van der Waals surface area (Å²) in [6, 6.07) is 8.26. The topological polar surface area (TPSA) is 57.6 Å². The Hall–Kier alpha value is -1.84. The highest BCUT2D eigenvalue weighted by Crippen LogP contribution is 2.24. The van der Waals surface area contributed by atoms with E-state index in [-0.39, 0.29) is 17.4 Å². The molecule has 1 heterocycles. The van der Waals surface area contributed by atoms with Crippen molar-refractivity contribution in [3.05, 3.63) is 35.4 Å². The quantitative estimate of drug-likeness (QED) is 0.931. The van der Waals surface area contributed by atoms with E-state index in [2.05, 4.69) is 32.9 Å². The predicted octanol–water partition coefficient (Wildman–Crippen LogP) is 3.24. The molecular weight excluding hydrogens is 290 g/mol. The molecule has 126 valence electrons. The van der Waals surface area contributed by atoms with Crippen molar-refractivity contribution >= 4 is 11.9 Å². The first-order valence-electron chi connectivity index (χ1n) is 8.30. The first-order chi connectivity index (χ1) is 10.7. The number of aliphatic carboxylic acids is 1. The third-order valence-electron chi connectivity index (χ3n) is 4.73. The lowest BCUT2D eigenvalue weighted by Gasteiger charge is -2.36. The summed E-state index contributed by atoms with van der Waals surface area (Å²) in [5.41, 5.74) is 2.32. The van der Waals surface area contributed by atoms with Crippen molar-refractivity contribution in [3.63, 3.8) is 0 Å². The highest BCUT2D eigenvalue weighted by atomic mass is 16.4. The van der Waals surface area contributed by atoms with Gasteiger partial charge in [-0.2, -0.15) is 0 Å². The minimum Gasteiger partial charge on any atom is -0.481 e. The van der Waals surface area contributed by atoms with Crippen molar-refractivity contribution in [2.75, 3.05) is 6.54 Å². The largest absolute Gasteiger partial charge is 0.481 e. The van der Waals surface area contributed by atoms with Gasteiger partial charge < -0.3 is 10.0 Å². The number of hydrogen-bond donors (Lipinski definition) is 1. The summed E-state index contributed by atoms with van der Waals surface area (Å²) in [6.45, 7) is 8.81. The summed E-state index contributed by atoms with van der Waals surface area (Å²) >= 11 is 0. The molecule has 1 amide bonds. The second kappa shape index (κ2) is 6.73. The molecule has 23 heavy (non-hydrogen) atoms. The van der Waals surface area contributed by atoms with E-state index in [1.807, 2.05) is 19.1 Å². The van der Waals surface area contributed by atoms with Gasteiger partial charge in [-0.05, 0) is 36.3 Å². The molecule has 2 atom stereocenters. The van der Waals surface area contributed by atoms with Crippen molar-refractivity contribution in [1.29, 1.82) is 0 Å². The van der Waals surface area contributed by atoms with Crippen LogP contribution in [0, 0.1) is 5.92 Å². The second-order valence-electron chi connectivity index (χ2n) is 7.63. The molecule has 0 aliphatic carbocycles. The van der Waals surface area contributed by atoms with Gasteiger partial charge in [-0.3, -0.25) is 9.59 Å². The summed E-state index contributed by atoms with van der Waals surface area (Å²) in [4.78, 5) is 25.5. The molecule has 2 rings (SSSR count). The van der Waals surface area contributed by atoms with Crippen molar-refractivity contribution < 1.29 is 14.7 Å². The molecule has 0 aromatic heterocycles. The Balaban J connectivity index is 2.04. The standard InChI is InChI=1S/C19H27NO3/c1-13-5-8-15(18(22)23)12-20(13)17(21)11-14-6-9-16(10-7-14)19(2,3)4/h6-7,9-10,13,15H,5,8,11-12H2,1-4H3,(H,22,23). The molecule has 1 N–H and O–H groups in total. The summed E-state index contributed by atoms with van der Waals surface area (Å²) < 4.78 is 0. The molecular formula is C19H27NO3. The fourth-order valence-electron chi connectivity index (χ4n) is 3.05. The van der Waals surface area contributed by atoms with E-state index < -0.39 is 11.9 Å². The SMILES string of the molecule is CC1CCC(C(=O)O)CN1C(=O)Cc1ccc(C(C)(C)C)cc1. The lowest BCUT2D eigenvalue weighted by atomic mass is 9.86. The molecule has 0 bridgehead atoms. The number of nitrogens with zero attached hydrogens (tertiary/aromatic N) is 1. The zero-order valence-corrected chi connectivity index (χ0v) is 14.5. The monoisotopic (exact) mass is 317 g/mol. The van der Waals surface area contributed by atoms with Gasteiger partial charge in [0.15, 0.2) is 0 Å². The lowest BCUT2D eigenvalue weighted by molar-refractivity contribution is -0.146. The van der Waals surface area contributed by atoms with Crippen LogP contribution in [0.5, 0.6) is 0 Å². The fourth-order valence-corrected chi connectivity index (χ4v) is 3.05. The number of carboxylic acid groups (broad SMARTS) is 1. The number of carbonyl (C=O) groups excluding carboxylic acids is 1. The summed E-state index contributed by atoms with van der Waals surface area (Å²) in [7, 11) is 0. The van der Waals surface area contributed by atoms with Crippen LogP contribution >= 0.6 is 0 Å². The highest BCUT2D eigenvalue weighted by molar-refractivity contribution is 5.80. The van der Waals surface area contributed by atoms with Gasteiger partial charge in [0.05, 0.1) is 12.3 Å². The van der Waals surface area contributed by atoms with E-state index in [0.29, 0.717) is 19.4 Å². The minimum absolute atomic E-state index is 0.0203. The highest BCUT2D eigenvalue weighted by Gasteiger charge is 2.32. The first kappa shape index (κ1) is 17.5. The molecule has 2 unspecified atom stereocenters. The van der Waals surface area contributed by atoms with Gasteiger partial charge in [0, 0.05) is 12.6 Å². The maximum atomic E-state index is 12.6. The molecule has 0 saturated carbocycles. The van der Waals surface area contributed by atoms with Crippen molar-refractivity contribution in [2.45, 2.75) is 58.4 Å². The number of piperidine rings is 1. The van der Waals surface area contributed by atoms with Crippen molar-refractivity contribution in [1.82, 2.24) is 4.90 Å². The van der Waals surface area contributed by atoms with Gasteiger partial charge in [0.2, 0.25) is 5.91 Å². The number of carbonyl (C=O) groups is 2. The van der Waals surface area contributed by atoms with Crippen LogP contribution in [0.15, 0.2) is 24.3 Å². The number of rotatable bonds is 3. The molecule has 1 fully saturated rings. The van der Waals surface area contributed by atoms with E-state index >= 15 is 0 Å². The van der Waals surface area contributed by atoms with Crippen LogP contribution in [0.25, 0.3) is 0 Å².